The second kappa shape index (κ2) is 7.92. The molecule has 0 aromatic rings. The molecule has 0 heteroatoms. The average molecular weight is 387 g/mol. The summed E-state index contributed by atoms with van der Waals surface area (Å²) in [6.07, 6.45) is 18.3. The molecule has 0 N–H and O–H groups in total. The van der Waals surface area contributed by atoms with Crippen molar-refractivity contribution in [1.82, 2.24) is 0 Å². The van der Waals surface area contributed by atoms with Crippen LogP contribution in [0.1, 0.15) is 119 Å². The summed E-state index contributed by atoms with van der Waals surface area (Å²) in [7, 11) is 0. The first-order valence-electron chi connectivity index (χ1n) is 13.3. The van der Waals surface area contributed by atoms with Crippen LogP contribution in [0, 0.1) is 58.2 Å². The normalized spacial score (nSPS) is 49.4. The lowest BCUT2D eigenvalue weighted by Gasteiger charge is -2.62. The average Bonchev–Trinajstić information content (AvgIpc) is 2.98. The fraction of sp³-hybridized carbons (Fsp3) is 1.00. The van der Waals surface area contributed by atoms with Gasteiger partial charge >= 0.3 is 0 Å². The highest BCUT2D eigenvalue weighted by Crippen LogP contribution is 2.68. The van der Waals surface area contributed by atoms with Crippen LogP contribution in [0.3, 0.4) is 0 Å². The molecule has 0 spiro atoms. The standard InChI is InChI=1S/C28H50/c1-19(2)9-7-10-20(3)24-14-15-25-22-12-13-23-21(4)11-8-17-27(23,5)26(22)16-18-28(24,25)6/h19-26H,7-18H2,1-6H3/t20-,21?,22+,23?,24-,25+,26+,27+,28-/m1/s1. The van der Waals surface area contributed by atoms with Gasteiger partial charge in [-0.05, 0) is 103 Å². The minimum Gasteiger partial charge on any atom is -0.0628 e. The molecule has 9 atom stereocenters. The maximum Gasteiger partial charge on any atom is -0.0264 e. The van der Waals surface area contributed by atoms with E-state index < -0.39 is 0 Å². The van der Waals surface area contributed by atoms with Crippen molar-refractivity contribution >= 4 is 0 Å². The molecule has 28 heavy (non-hydrogen) atoms. The van der Waals surface area contributed by atoms with Gasteiger partial charge in [-0.1, -0.05) is 73.6 Å². The molecule has 0 aromatic carbocycles. The zero-order chi connectivity index (χ0) is 20.1. The minimum absolute atomic E-state index is 0.669. The summed E-state index contributed by atoms with van der Waals surface area (Å²) in [5.41, 5.74) is 1.35. The van der Waals surface area contributed by atoms with E-state index >= 15 is 0 Å². The van der Waals surface area contributed by atoms with Crippen LogP contribution in [0.15, 0.2) is 0 Å². The monoisotopic (exact) mass is 386 g/mol. The van der Waals surface area contributed by atoms with Crippen LogP contribution in [-0.2, 0) is 0 Å². The van der Waals surface area contributed by atoms with Crippen LogP contribution in [0.25, 0.3) is 0 Å². The Bertz CT molecular complexity index is 534. The fourth-order valence-electron chi connectivity index (χ4n) is 9.82. The zero-order valence-electron chi connectivity index (χ0n) is 20.1. The van der Waals surface area contributed by atoms with Gasteiger partial charge in [0, 0.05) is 0 Å². The predicted octanol–water partition coefficient (Wildman–Crippen LogP) is 8.74. The molecule has 4 aliphatic rings. The van der Waals surface area contributed by atoms with E-state index in [2.05, 4.69) is 41.5 Å². The Kier molecular flexibility index (Phi) is 6.01. The van der Waals surface area contributed by atoms with Crippen molar-refractivity contribution < 1.29 is 0 Å². The second-order valence-corrected chi connectivity index (χ2v) is 13.0. The van der Waals surface area contributed by atoms with E-state index in [1.807, 2.05) is 0 Å². The van der Waals surface area contributed by atoms with Gasteiger partial charge in [-0.2, -0.15) is 0 Å². The first-order chi connectivity index (χ1) is 13.3. The first-order valence-corrected chi connectivity index (χ1v) is 13.3. The highest BCUT2D eigenvalue weighted by atomic mass is 14.7. The number of rotatable bonds is 5. The summed E-state index contributed by atoms with van der Waals surface area (Å²) >= 11 is 0. The van der Waals surface area contributed by atoms with Crippen molar-refractivity contribution in [1.29, 1.82) is 0 Å². The molecule has 4 fully saturated rings. The maximum atomic E-state index is 2.75. The second-order valence-electron chi connectivity index (χ2n) is 13.0. The number of fused-ring (bicyclic) bond motifs is 5. The third kappa shape index (κ3) is 3.41. The molecule has 4 rings (SSSR count). The van der Waals surface area contributed by atoms with Crippen molar-refractivity contribution in [3.8, 4) is 0 Å². The minimum atomic E-state index is 0.669. The molecule has 0 heterocycles. The lowest BCUT2D eigenvalue weighted by molar-refractivity contribution is -0.127. The molecule has 0 bridgehead atoms. The van der Waals surface area contributed by atoms with Gasteiger partial charge in [-0.3, -0.25) is 0 Å². The van der Waals surface area contributed by atoms with Crippen molar-refractivity contribution in [3.63, 3.8) is 0 Å². The van der Waals surface area contributed by atoms with Gasteiger partial charge in [-0.15, -0.1) is 0 Å². The van der Waals surface area contributed by atoms with Gasteiger partial charge in [0.2, 0.25) is 0 Å². The molecule has 0 aromatic heterocycles. The molecule has 0 saturated heterocycles. The van der Waals surface area contributed by atoms with Crippen LogP contribution < -0.4 is 0 Å². The van der Waals surface area contributed by atoms with Gasteiger partial charge in [0.15, 0.2) is 0 Å². The van der Waals surface area contributed by atoms with E-state index in [4.69, 9.17) is 0 Å². The molecule has 2 unspecified atom stereocenters. The summed E-state index contributed by atoms with van der Waals surface area (Å²) < 4.78 is 0. The van der Waals surface area contributed by atoms with Crippen molar-refractivity contribution in [2.45, 2.75) is 119 Å². The van der Waals surface area contributed by atoms with E-state index in [1.54, 1.807) is 44.9 Å². The van der Waals surface area contributed by atoms with Crippen molar-refractivity contribution in [2.75, 3.05) is 0 Å². The van der Waals surface area contributed by atoms with E-state index in [9.17, 15) is 0 Å². The van der Waals surface area contributed by atoms with Crippen LogP contribution in [-0.4, -0.2) is 0 Å². The summed E-state index contributed by atoms with van der Waals surface area (Å²) in [6.45, 7) is 15.5. The third-order valence-corrected chi connectivity index (χ3v) is 11.2. The molecule has 0 amide bonds. The smallest absolute Gasteiger partial charge is 0.0264 e. The lowest BCUT2D eigenvalue weighted by atomic mass is 9.43. The predicted molar refractivity (Wildman–Crippen MR) is 122 cm³/mol. The first kappa shape index (κ1) is 21.2. The van der Waals surface area contributed by atoms with E-state index in [-0.39, 0.29) is 0 Å². The Morgan fingerprint density at radius 2 is 1.46 bits per heavy atom. The van der Waals surface area contributed by atoms with Crippen LogP contribution >= 0.6 is 0 Å². The van der Waals surface area contributed by atoms with Gasteiger partial charge < -0.3 is 0 Å². The molecule has 4 aliphatic carbocycles. The molecule has 0 radical (unpaired) electrons. The lowest BCUT2D eigenvalue weighted by Crippen LogP contribution is -2.54. The third-order valence-electron chi connectivity index (χ3n) is 11.2. The van der Waals surface area contributed by atoms with Crippen LogP contribution in [0.5, 0.6) is 0 Å². The van der Waals surface area contributed by atoms with E-state index in [0.717, 1.165) is 47.3 Å². The Morgan fingerprint density at radius 3 is 2.21 bits per heavy atom. The Hall–Kier alpha value is 0. The molecule has 0 nitrogen and oxygen atoms in total. The Morgan fingerprint density at radius 1 is 0.750 bits per heavy atom. The molecule has 4 saturated carbocycles. The summed E-state index contributed by atoms with van der Waals surface area (Å²) in [5.74, 6) is 8.06. The maximum absolute atomic E-state index is 2.75. The summed E-state index contributed by atoms with van der Waals surface area (Å²) in [4.78, 5) is 0. The van der Waals surface area contributed by atoms with Gasteiger partial charge in [-0.25, -0.2) is 0 Å². The fourth-order valence-corrected chi connectivity index (χ4v) is 9.82. The molecular weight excluding hydrogens is 336 g/mol. The molecule has 0 aliphatic heterocycles. The quantitative estimate of drug-likeness (QED) is 0.443. The van der Waals surface area contributed by atoms with Gasteiger partial charge in [0.1, 0.15) is 0 Å². The SMILES string of the molecule is CC(C)CCC[C@@H](C)[C@H]1CC[C@H]2[C@@H]3CCC4C(C)CCC[C@]4(C)[C@H]3CC[C@]12C. The zero-order valence-corrected chi connectivity index (χ0v) is 20.1. The Balaban J connectivity index is 1.47. The number of hydrogen-bond acceptors (Lipinski definition) is 0. The van der Waals surface area contributed by atoms with Crippen LogP contribution in [0.4, 0.5) is 0 Å². The van der Waals surface area contributed by atoms with Gasteiger partial charge in [0.25, 0.3) is 0 Å². The van der Waals surface area contributed by atoms with Crippen molar-refractivity contribution in [3.05, 3.63) is 0 Å². The Labute approximate surface area is 177 Å². The van der Waals surface area contributed by atoms with E-state index in [0.29, 0.717) is 10.8 Å². The largest absolute Gasteiger partial charge is 0.0628 e. The topological polar surface area (TPSA) is 0 Å². The molecular formula is C28H50. The summed E-state index contributed by atoms with van der Waals surface area (Å²) in [5, 5.41) is 0. The van der Waals surface area contributed by atoms with Gasteiger partial charge in [0.05, 0.1) is 0 Å². The highest BCUT2D eigenvalue weighted by molar-refractivity contribution is 5.09. The molecule has 162 valence electrons. The van der Waals surface area contributed by atoms with Crippen molar-refractivity contribution in [2.24, 2.45) is 58.2 Å². The number of hydrogen-bond donors (Lipinski definition) is 0. The highest BCUT2D eigenvalue weighted by Gasteiger charge is 2.60. The summed E-state index contributed by atoms with van der Waals surface area (Å²) in [6, 6.07) is 0. The van der Waals surface area contributed by atoms with E-state index in [1.165, 1.54) is 32.1 Å². The van der Waals surface area contributed by atoms with Crippen LogP contribution in [0.2, 0.25) is 0 Å².